The van der Waals surface area contributed by atoms with Gasteiger partial charge in [0, 0.05) is 12.1 Å². The molecule has 1 N–H and O–H groups in total. The van der Waals surface area contributed by atoms with Crippen LogP contribution in [0.3, 0.4) is 0 Å². The number of aryl methyl sites for hydroxylation is 1. The molecule has 3 rings (SSSR count). The normalized spacial score (nSPS) is 16.1. The van der Waals surface area contributed by atoms with Crippen molar-refractivity contribution in [3.05, 3.63) is 65.7 Å². The summed E-state index contributed by atoms with van der Waals surface area (Å²) in [5.74, 6) is 0. The van der Waals surface area contributed by atoms with E-state index in [1.807, 2.05) is 0 Å². The first kappa shape index (κ1) is 14.2. The van der Waals surface area contributed by atoms with Gasteiger partial charge in [0.1, 0.15) is 0 Å². The molecule has 1 heterocycles. The van der Waals surface area contributed by atoms with E-state index in [2.05, 4.69) is 66.4 Å². The van der Waals surface area contributed by atoms with Crippen molar-refractivity contribution < 1.29 is 4.90 Å². The summed E-state index contributed by atoms with van der Waals surface area (Å²) < 4.78 is 0. The molecule has 1 aliphatic heterocycles. The average Bonchev–Trinajstić information content (AvgIpc) is 2.55. The molecule has 0 aromatic heterocycles. The summed E-state index contributed by atoms with van der Waals surface area (Å²) in [6.45, 7) is 8.25. The van der Waals surface area contributed by atoms with Gasteiger partial charge < -0.3 is 9.80 Å². The lowest BCUT2D eigenvalue weighted by atomic mass is 10.1. The van der Waals surface area contributed by atoms with Gasteiger partial charge in [0.15, 0.2) is 0 Å². The average molecular weight is 281 g/mol. The number of piperazine rings is 1. The molecule has 0 unspecified atom stereocenters. The molecule has 110 valence electrons. The largest absolute Gasteiger partial charge is 0.360 e. The lowest BCUT2D eigenvalue weighted by Gasteiger charge is -2.33. The van der Waals surface area contributed by atoms with E-state index in [0.29, 0.717) is 0 Å². The van der Waals surface area contributed by atoms with Crippen LogP contribution in [0.4, 0.5) is 5.69 Å². The van der Waals surface area contributed by atoms with Crippen molar-refractivity contribution >= 4 is 5.69 Å². The minimum Gasteiger partial charge on any atom is -0.360 e. The molecule has 2 nitrogen and oxygen atoms in total. The number of quaternary nitrogens is 1. The van der Waals surface area contributed by atoms with Crippen molar-refractivity contribution in [2.45, 2.75) is 13.3 Å². The third-order valence-corrected chi connectivity index (χ3v) is 4.48. The van der Waals surface area contributed by atoms with Gasteiger partial charge in [0.25, 0.3) is 0 Å². The molecule has 0 atom stereocenters. The molecule has 2 aromatic rings. The van der Waals surface area contributed by atoms with Crippen LogP contribution in [-0.4, -0.2) is 32.7 Å². The molecule has 0 radical (unpaired) electrons. The fraction of sp³-hybridized carbons (Fsp3) is 0.368. The third kappa shape index (κ3) is 3.85. The van der Waals surface area contributed by atoms with E-state index in [0.717, 1.165) is 0 Å². The zero-order valence-electron chi connectivity index (χ0n) is 12.9. The van der Waals surface area contributed by atoms with Crippen LogP contribution in [0.25, 0.3) is 0 Å². The first-order valence-electron chi connectivity index (χ1n) is 8.00. The fourth-order valence-electron chi connectivity index (χ4n) is 3.05. The maximum absolute atomic E-state index is 2.52. The van der Waals surface area contributed by atoms with Crippen molar-refractivity contribution in [2.24, 2.45) is 0 Å². The molecule has 0 saturated carbocycles. The van der Waals surface area contributed by atoms with E-state index in [9.17, 15) is 0 Å². The highest BCUT2D eigenvalue weighted by Gasteiger charge is 2.19. The molecular formula is C19H25N2+. The van der Waals surface area contributed by atoms with Crippen molar-refractivity contribution in [2.75, 3.05) is 37.6 Å². The monoisotopic (exact) mass is 281 g/mol. The third-order valence-electron chi connectivity index (χ3n) is 4.48. The van der Waals surface area contributed by atoms with E-state index in [-0.39, 0.29) is 0 Å². The second-order valence-corrected chi connectivity index (χ2v) is 6.06. The number of rotatable bonds is 4. The van der Waals surface area contributed by atoms with Crippen molar-refractivity contribution in [3.63, 3.8) is 0 Å². The second kappa shape index (κ2) is 6.77. The predicted octanol–water partition coefficient (Wildman–Crippen LogP) is 1.94. The van der Waals surface area contributed by atoms with Crippen LogP contribution in [-0.2, 0) is 6.42 Å². The Morgan fingerprint density at radius 3 is 2.24 bits per heavy atom. The quantitative estimate of drug-likeness (QED) is 0.900. The van der Waals surface area contributed by atoms with Gasteiger partial charge in [-0.25, -0.2) is 0 Å². The number of anilines is 1. The Morgan fingerprint density at radius 2 is 1.57 bits per heavy atom. The molecule has 0 bridgehead atoms. The highest BCUT2D eigenvalue weighted by molar-refractivity contribution is 5.47. The molecule has 1 aliphatic rings. The number of hydrogen-bond acceptors (Lipinski definition) is 1. The Labute approximate surface area is 128 Å². The molecule has 0 spiro atoms. The van der Waals surface area contributed by atoms with Gasteiger partial charge in [-0.3, -0.25) is 0 Å². The fourth-order valence-corrected chi connectivity index (χ4v) is 3.05. The Hall–Kier alpha value is -1.80. The topological polar surface area (TPSA) is 7.68 Å². The van der Waals surface area contributed by atoms with E-state index >= 15 is 0 Å². The lowest BCUT2D eigenvalue weighted by Crippen LogP contribution is -3.15. The number of hydrogen-bond donors (Lipinski definition) is 1. The highest BCUT2D eigenvalue weighted by Crippen LogP contribution is 2.14. The highest BCUT2D eigenvalue weighted by atomic mass is 15.3. The first-order chi connectivity index (χ1) is 10.3. The van der Waals surface area contributed by atoms with Crippen LogP contribution in [0.5, 0.6) is 0 Å². The minimum absolute atomic E-state index is 1.17. The molecule has 0 aliphatic carbocycles. The smallest absolute Gasteiger partial charge is 0.0949 e. The standard InChI is InChI=1S/C19H24N2/c1-17-7-9-19(10-8-17)21-15-13-20(14-16-21)12-11-18-5-3-2-4-6-18/h2-10H,11-16H2,1H3/p+1. The number of benzene rings is 2. The summed E-state index contributed by atoms with van der Waals surface area (Å²) in [6.07, 6.45) is 1.20. The predicted molar refractivity (Wildman–Crippen MR) is 89.1 cm³/mol. The molecule has 1 fully saturated rings. The first-order valence-corrected chi connectivity index (χ1v) is 8.00. The Morgan fingerprint density at radius 1 is 0.905 bits per heavy atom. The Kier molecular flexibility index (Phi) is 4.56. The van der Waals surface area contributed by atoms with Gasteiger partial charge in [-0.05, 0) is 24.6 Å². The molecule has 21 heavy (non-hydrogen) atoms. The summed E-state index contributed by atoms with van der Waals surface area (Å²) in [6, 6.07) is 19.8. The number of nitrogens with zero attached hydrogens (tertiary/aromatic N) is 1. The van der Waals surface area contributed by atoms with Crippen LogP contribution < -0.4 is 9.80 Å². The van der Waals surface area contributed by atoms with Crippen LogP contribution in [0.1, 0.15) is 11.1 Å². The van der Waals surface area contributed by atoms with Gasteiger partial charge in [-0.15, -0.1) is 0 Å². The van der Waals surface area contributed by atoms with Crippen LogP contribution in [0.2, 0.25) is 0 Å². The Balaban J connectivity index is 1.48. The Bertz CT molecular complexity index is 540. The van der Waals surface area contributed by atoms with E-state index < -0.39 is 0 Å². The van der Waals surface area contributed by atoms with E-state index in [4.69, 9.17) is 0 Å². The van der Waals surface area contributed by atoms with Gasteiger partial charge >= 0.3 is 0 Å². The lowest BCUT2D eigenvalue weighted by molar-refractivity contribution is -0.900. The second-order valence-electron chi connectivity index (χ2n) is 6.06. The summed E-state index contributed by atoms with van der Waals surface area (Å²) in [4.78, 5) is 4.26. The molecule has 1 saturated heterocycles. The van der Waals surface area contributed by atoms with Crippen molar-refractivity contribution in [1.29, 1.82) is 0 Å². The van der Waals surface area contributed by atoms with Crippen LogP contribution in [0.15, 0.2) is 54.6 Å². The molecule has 2 aromatic carbocycles. The maximum atomic E-state index is 2.52. The van der Waals surface area contributed by atoms with E-state index in [1.54, 1.807) is 4.90 Å². The summed E-state index contributed by atoms with van der Waals surface area (Å²) in [5, 5.41) is 0. The van der Waals surface area contributed by atoms with Crippen molar-refractivity contribution in [3.8, 4) is 0 Å². The van der Waals surface area contributed by atoms with Gasteiger partial charge in [0.05, 0.1) is 32.7 Å². The number of nitrogens with one attached hydrogen (secondary N) is 1. The summed E-state index contributed by atoms with van der Waals surface area (Å²) in [5.41, 5.74) is 4.18. The molecule has 2 heteroatoms. The minimum atomic E-state index is 1.17. The van der Waals surface area contributed by atoms with Gasteiger partial charge in [0.2, 0.25) is 0 Å². The zero-order chi connectivity index (χ0) is 14.5. The van der Waals surface area contributed by atoms with Crippen LogP contribution >= 0.6 is 0 Å². The maximum Gasteiger partial charge on any atom is 0.0949 e. The summed E-state index contributed by atoms with van der Waals surface area (Å²) >= 11 is 0. The SMILES string of the molecule is Cc1ccc(N2CC[NH+](CCc3ccccc3)CC2)cc1. The van der Waals surface area contributed by atoms with Gasteiger partial charge in [-0.1, -0.05) is 48.0 Å². The van der Waals surface area contributed by atoms with Crippen molar-refractivity contribution in [1.82, 2.24) is 0 Å². The zero-order valence-corrected chi connectivity index (χ0v) is 12.9. The van der Waals surface area contributed by atoms with Gasteiger partial charge in [-0.2, -0.15) is 0 Å². The molecule has 0 amide bonds. The summed E-state index contributed by atoms with van der Waals surface area (Å²) in [7, 11) is 0. The molecular weight excluding hydrogens is 256 g/mol. The van der Waals surface area contributed by atoms with Crippen LogP contribution in [0, 0.1) is 6.92 Å². The van der Waals surface area contributed by atoms with E-state index in [1.165, 1.54) is 56.0 Å².